The topological polar surface area (TPSA) is 38.0 Å². The number of quaternary nitrogens is 2. The normalized spacial score (nSPS) is 16.0. The molecule has 0 saturated carbocycles. The first-order valence-electron chi connectivity index (χ1n) is 9.99. The summed E-state index contributed by atoms with van der Waals surface area (Å²) in [5, 5.41) is 2.89. The minimum absolute atomic E-state index is 0.118. The van der Waals surface area contributed by atoms with Crippen molar-refractivity contribution >= 4 is 11.6 Å². The molecule has 1 amide bonds. The number of hydrogen-bond acceptors (Lipinski definition) is 1. The van der Waals surface area contributed by atoms with Gasteiger partial charge in [-0.1, -0.05) is 24.3 Å². The second kappa shape index (κ2) is 9.41. The van der Waals surface area contributed by atoms with E-state index in [-0.39, 0.29) is 12.5 Å². The highest BCUT2D eigenvalue weighted by molar-refractivity contribution is 5.91. The number of carbonyl (C=O) groups excluding carboxylic acids is 1. The van der Waals surface area contributed by atoms with Crippen LogP contribution in [0.1, 0.15) is 29.5 Å². The van der Waals surface area contributed by atoms with Gasteiger partial charge in [0.15, 0.2) is 6.54 Å². The third kappa shape index (κ3) is 6.58. The van der Waals surface area contributed by atoms with Gasteiger partial charge in [0, 0.05) is 29.7 Å². The number of likely N-dealkylation sites (tertiary alicyclic amines) is 1. The van der Waals surface area contributed by atoms with Gasteiger partial charge in [-0.05, 0) is 24.3 Å². The van der Waals surface area contributed by atoms with Crippen LogP contribution < -0.4 is 15.1 Å². The van der Waals surface area contributed by atoms with E-state index < -0.39 is 11.7 Å². The van der Waals surface area contributed by atoms with Crippen molar-refractivity contribution in [2.45, 2.75) is 32.1 Å². The van der Waals surface area contributed by atoms with Crippen molar-refractivity contribution in [1.82, 2.24) is 0 Å². The molecule has 1 fully saturated rings. The van der Waals surface area contributed by atoms with E-state index in [0.29, 0.717) is 6.54 Å². The van der Waals surface area contributed by atoms with Crippen LogP contribution in [-0.4, -0.2) is 32.6 Å². The molecule has 1 unspecified atom stereocenters. The number of alkyl halides is 3. The molecule has 1 atom stereocenters. The summed E-state index contributed by atoms with van der Waals surface area (Å²) in [6, 6.07) is 13.0. The van der Waals surface area contributed by atoms with Crippen molar-refractivity contribution in [3.05, 3.63) is 65.2 Å². The molecule has 1 aliphatic rings. The van der Waals surface area contributed by atoms with Crippen molar-refractivity contribution in [3.63, 3.8) is 0 Å². The average molecular weight is 407 g/mol. The Labute approximate surface area is 169 Å². The van der Waals surface area contributed by atoms with E-state index in [1.165, 1.54) is 43.6 Å². The van der Waals surface area contributed by atoms with E-state index >= 15 is 0 Å². The van der Waals surface area contributed by atoms with Crippen LogP contribution in [-0.2, 0) is 24.1 Å². The molecule has 3 N–H and O–H groups in total. The highest BCUT2D eigenvalue weighted by Crippen LogP contribution is 2.28. The Morgan fingerprint density at radius 2 is 1.59 bits per heavy atom. The molecule has 0 aromatic heterocycles. The Morgan fingerprint density at radius 3 is 2.17 bits per heavy atom. The predicted molar refractivity (Wildman–Crippen MR) is 106 cm³/mol. The average Bonchev–Trinajstić information content (AvgIpc) is 3.16. The van der Waals surface area contributed by atoms with Crippen LogP contribution in [0.2, 0.25) is 0 Å². The summed E-state index contributed by atoms with van der Waals surface area (Å²) in [5.41, 5.74) is 2.13. The van der Waals surface area contributed by atoms with Gasteiger partial charge in [0.2, 0.25) is 0 Å². The highest BCUT2D eigenvalue weighted by atomic mass is 19.4. The molecule has 1 heterocycles. The van der Waals surface area contributed by atoms with Gasteiger partial charge in [-0.15, -0.1) is 0 Å². The lowest BCUT2D eigenvalue weighted by Gasteiger charge is -2.15. The van der Waals surface area contributed by atoms with E-state index in [4.69, 9.17) is 0 Å². The fourth-order valence-corrected chi connectivity index (χ4v) is 3.75. The van der Waals surface area contributed by atoms with Gasteiger partial charge < -0.3 is 15.1 Å². The Morgan fingerprint density at radius 1 is 1.00 bits per heavy atom. The van der Waals surface area contributed by atoms with E-state index in [9.17, 15) is 18.0 Å². The summed E-state index contributed by atoms with van der Waals surface area (Å²) in [6.45, 7) is 4.19. The zero-order valence-electron chi connectivity index (χ0n) is 16.6. The fourth-order valence-electron chi connectivity index (χ4n) is 3.75. The summed E-state index contributed by atoms with van der Waals surface area (Å²) < 4.78 is 37.9. The van der Waals surface area contributed by atoms with Gasteiger partial charge >= 0.3 is 6.18 Å². The number of halogens is 3. The number of hydrogen-bond donors (Lipinski definition) is 3. The van der Waals surface area contributed by atoms with E-state index in [1.807, 2.05) is 19.2 Å². The minimum atomic E-state index is -4.33. The Kier molecular flexibility index (Phi) is 6.92. The summed E-state index contributed by atoms with van der Waals surface area (Å²) in [4.78, 5) is 14.8. The van der Waals surface area contributed by atoms with E-state index in [2.05, 4.69) is 17.4 Å². The second-order valence-corrected chi connectivity index (χ2v) is 7.88. The number of benzene rings is 2. The third-order valence-corrected chi connectivity index (χ3v) is 5.25. The lowest BCUT2D eigenvalue weighted by atomic mass is 10.1. The maximum Gasteiger partial charge on any atom is 0.416 e. The monoisotopic (exact) mass is 407 g/mol. The first-order valence-corrected chi connectivity index (χ1v) is 9.99. The minimum Gasteiger partial charge on any atom is -0.331 e. The van der Waals surface area contributed by atoms with Gasteiger partial charge in [-0.3, -0.25) is 4.79 Å². The summed E-state index contributed by atoms with van der Waals surface area (Å²) >= 11 is 0. The summed E-state index contributed by atoms with van der Waals surface area (Å²) in [5.74, 6) is -0.118. The number of likely N-dealkylation sites (N-methyl/N-ethyl adjacent to an activating group) is 1. The standard InChI is InChI=1S/C22H26F3N3O/c1-27(14-17-4-8-19(9-5-17)22(23,24)25)16-21(29)26-20-10-6-18(7-11-20)15-28-12-2-3-13-28/h4-11H,2-3,12-16H2,1H3,(H,26,29)/p+2. The smallest absolute Gasteiger partial charge is 0.331 e. The molecule has 0 aliphatic carbocycles. The molecular weight excluding hydrogens is 379 g/mol. The molecule has 2 aromatic rings. The first-order chi connectivity index (χ1) is 13.8. The molecule has 0 bridgehead atoms. The largest absolute Gasteiger partial charge is 0.416 e. The molecule has 3 rings (SSSR count). The first kappa shape index (κ1) is 21.3. The van der Waals surface area contributed by atoms with Crippen molar-refractivity contribution in [1.29, 1.82) is 0 Å². The van der Waals surface area contributed by atoms with Gasteiger partial charge in [0.1, 0.15) is 13.1 Å². The van der Waals surface area contributed by atoms with Gasteiger partial charge in [-0.25, -0.2) is 0 Å². The van der Waals surface area contributed by atoms with Gasteiger partial charge in [0.25, 0.3) is 5.91 Å². The van der Waals surface area contributed by atoms with E-state index in [1.54, 1.807) is 4.90 Å². The molecule has 7 heteroatoms. The SMILES string of the molecule is C[NH+](CC(=O)Nc1ccc(C[NH+]2CCCC2)cc1)Cc1ccc(C(F)(F)F)cc1. The number of rotatable bonds is 7. The van der Waals surface area contributed by atoms with Crippen LogP contribution in [0.5, 0.6) is 0 Å². The van der Waals surface area contributed by atoms with Crippen LogP contribution in [0.3, 0.4) is 0 Å². The van der Waals surface area contributed by atoms with Crippen LogP contribution in [0.25, 0.3) is 0 Å². The molecule has 2 aromatic carbocycles. The molecule has 156 valence electrons. The Balaban J connectivity index is 1.45. The maximum atomic E-state index is 12.6. The molecule has 1 saturated heterocycles. The molecule has 29 heavy (non-hydrogen) atoms. The Bertz CT molecular complexity index is 798. The highest BCUT2D eigenvalue weighted by Gasteiger charge is 2.30. The van der Waals surface area contributed by atoms with Crippen LogP contribution in [0, 0.1) is 0 Å². The van der Waals surface area contributed by atoms with Gasteiger partial charge in [0.05, 0.1) is 25.7 Å². The molecule has 1 aliphatic heterocycles. The number of nitrogens with one attached hydrogen (secondary N) is 3. The van der Waals surface area contributed by atoms with Crippen molar-refractivity contribution in [2.75, 3.05) is 32.0 Å². The lowest BCUT2D eigenvalue weighted by Crippen LogP contribution is -3.08. The number of carbonyl (C=O) groups is 1. The number of amides is 1. The van der Waals surface area contributed by atoms with Gasteiger partial charge in [-0.2, -0.15) is 13.2 Å². The zero-order valence-corrected chi connectivity index (χ0v) is 16.6. The molecule has 4 nitrogen and oxygen atoms in total. The molecule has 0 spiro atoms. The van der Waals surface area contributed by atoms with Crippen molar-refractivity contribution in [3.8, 4) is 0 Å². The summed E-state index contributed by atoms with van der Waals surface area (Å²) in [6.07, 6.45) is -1.74. The number of anilines is 1. The van der Waals surface area contributed by atoms with Crippen molar-refractivity contribution in [2.24, 2.45) is 0 Å². The Hall–Kier alpha value is -2.38. The van der Waals surface area contributed by atoms with Crippen LogP contribution in [0.15, 0.2) is 48.5 Å². The predicted octanol–water partition coefficient (Wildman–Crippen LogP) is 1.54. The van der Waals surface area contributed by atoms with Crippen molar-refractivity contribution < 1.29 is 27.8 Å². The summed E-state index contributed by atoms with van der Waals surface area (Å²) in [7, 11) is 1.85. The second-order valence-electron chi connectivity index (χ2n) is 7.88. The molecule has 0 radical (unpaired) electrons. The van der Waals surface area contributed by atoms with Crippen LogP contribution >= 0.6 is 0 Å². The van der Waals surface area contributed by atoms with Crippen LogP contribution in [0.4, 0.5) is 18.9 Å². The van der Waals surface area contributed by atoms with E-state index in [0.717, 1.165) is 34.8 Å². The third-order valence-electron chi connectivity index (χ3n) is 5.25. The maximum absolute atomic E-state index is 12.6. The quantitative estimate of drug-likeness (QED) is 0.640. The lowest BCUT2D eigenvalue weighted by molar-refractivity contribution is -0.901. The fraction of sp³-hybridized carbons (Fsp3) is 0.409. The zero-order chi connectivity index (χ0) is 20.9. The molecular formula is C22H28F3N3O+2.